The molecule has 0 radical (unpaired) electrons. The fraction of sp³-hybridized carbons (Fsp3) is 0.429. The van der Waals surface area contributed by atoms with Gasteiger partial charge in [-0.1, -0.05) is 24.8 Å². The average molecular weight is 419 g/mol. The average Bonchev–Trinajstić information content (AvgIpc) is 3.03. The van der Waals surface area contributed by atoms with Crippen molar-refractivity contribution in [3.63, 3.8) is 0 Å². The molecule has 7 nitrogen and oxygen atoms in total. The molecule has 2 aromatic rings. The zero-order chi connectivity index (χ0) is 21.0. The largest absolute Gasteiger partial charge is 0.489 e. The molecule has 2 unspecified atom stereocenters. The topological polar surface area (TPSA) is 89.8 Å². The molecule has 0 spiro atoms. The van der Waals surface area contributed by atoms with E-state index >= 15 is 0 Å². The van der Waals surface area contributed by atoms with Gasteiger partial charge in [0.15, 0.2) is 0 Å². The van der Waals surface area contributed by atoms with Crippen LogP contribution in [-0.2, 0) is 23.2 Å². The zero-order valence-electron chi connectivity index (χ0n) is 16.7. The molecule has 1 aliphatic heterocycles. The van der Waals surface area contributed by atoms with Crippen LogP contribution < -0.4 is 15.6 Å². The molecule has 3 rings (SSSR count). The third kappa shape index (κ3) is 5.41. The van der Waals surface area contributed by atoms with Crippen molar-refractivity contribution in [2.45, 2.75) is 42.4 Å². The van der Waals surface area contributed by atoms with Gasteiger partial charge in [-0.05, 0) is 49.2 Å². The number of carboxylic acids is 1. The third-order valence-electron chi connectivity index (χ3n) is 4.99. The van der Waals surface area contributed by atoms with Gasteiger partial charge in [0.2, 0.25) is 0 Å². The second-order valence-corrected chi connectivity index (χ2v) is 8.45. The number of nitrogens with zero attached hydrogens (tertiary/aromatic N) is 1. The zero-order valence-corrected chi connectivity index (χ0v) is 17.5. The van der Waals surface area contributed by atoms with Gasteiger partial charge >= 0.3 is 5.97 Å². The summed E-state index contributed by atoms with van der Waals surface area (Å²) in [5.41, 5.74) is 0.630. The Balaban J connectivity index is 1.60. The van der Waals surface area contributed by atoms with Gasteiger partial charge in [0.05, 0.1) is 6.10 Å². The van der Waals surface area contributed by atoms with Gasteiger partial charge in [-0.25, -0.2) is 0 Å². The fourth-order valence-electron chi connectivity index (χ4n) is 3.35. The molecule has 2 N–H and O–H groups in total. The minimum atomic E-state index is -0.902. The molecule has 0 bridgehead atoms. The number of pyridine rings is 1. The monoisotopic (exact) mass is 418 g/mol. The molecule has 156 valence electrons. The van der Waals surface area contributed by atoms with E-state index in [4.69, 9.17) is 9.47 Å². The Labute approximate surface area is 174 Å². The van der Waals surface area contributed by atoms with E-state index in [9.17, 15) is 14.7 Å². The fourth-order valence-corrected chi connectivity index (χ4v) is 4.58. The van der Waals surface area contributed by atoms with Gasteiger partial charge in [-0.3, -0.25) is 9.59 Å². The van der Waals surface area contributed by atoms with Crippen molar-refractivity contribution in [2.75, 3.05) is 7.05 Å². The van der Waals surface area contributed by atoms with Crippen LogP contribution in [0.25, 0.3) is 0 Å². The smallest absolute Gasteiger partial charge is 0.323 e. The number of ether oxygens (including phenoxy) is 2. The number of thioether (sulfide) groups is 1. The van der Waals surface area contributed by atoms with Crippen LogP contribution in [0.4, 0.5) is 0 Å². The molecule has 4 atom stereocenters. The number of likely N-dealkylation sites (N-methyl/N-ethyl adjacent to an activating group) is 1. The van der Waals surface area contributed by atoms with Gasteiger partial charge in [-0.15, -0.1) is 0 Å². The Bertz CT molecular complexity index is 916. The molecule has 1 aromatic heterocycles. The molecule has 1 saturated heterocycles. The molecular formula is C21H26N2O5S. The summed E-state index contributed by atoms with van der Waals surface area (Å²) in [5, 5.41) is 12.2. The summed E-state index contributed by atoms with van der Waals surface area (Å²) >= 11 is 1.56. The van der Waals surface area contributed by atoms with E-state index < -0.39 is 12.0 Å². The molecule has 1 fully saturated rings. The van der Waals surface area contributed by atoms with Gasteiger partial charge in [-0.2, -0.15) is 0 Å². The highest BCUT2D eigenvalue weighted by atomic mass is 32.2. The lowest BCUT2D eigenvalue weighted by molar-refractivity contribution is -0.143. The third-order valence-corrected chi connectivity index (χ3v) is 6.08. The number of aromatic nitrogens is 1. The minimum Gasteiger partial charge on any atom is -0.489 e. The number of nitrogens with one attached hydrogen (secondary N) is 1. The highest BCUT2D eigenvalue weighted by Crippen LogP contribution is 2.38. The maximum Gasteiger partial charge on any atom is 0.323 e. The summed E-state index contributed by atoms with van der Waals surface area (Å²) in [5.74, 6) is -0.0563. The first kappa shape index (κ1) is 21.4. The van der Waals surface area contributed by atoms with Crippen LogP contribution in [-0.4, -0.2) is 40.3 Å². The highest BCUT2D eigenvalue weighted by Gasteiger charge is 2.40. The van der Waals surface area contributed by atoms with Crippen LogP contribution in [0.1, 0.15) is 18.9 Å². The van der Waals surface area contributed by atoms with Crippen molar-refractivity contribution >= 4 is 17.7 Å². The molecule has 1 aromatic carbocycles. The van der Waals surface area contributed by atoms with Crippen LogP contribution >= 0.6 is 11.8 Å². The maximum atomic E-state index is 11.7. The standard InChI is InChI=1S/C21H26N2O5S/c1-13-9-18(28-20(13)19(22-2)21(25)26)29-16-6-4-5-15(11-16)27-12-14-7-8-23(3)17(24)10-14/h4-8,10-11,13,18-20,22H,9,12H2,1-3H3,(H,25,26)/t13-,18?,19?,20-/m1/s1. The lowest BCUT2D eigenvalue weighted by atomic mass is 9.98. The molecule has 1 aliphatic rings. The lowest BCUT2D eigenvalue weighted by Crippen LogP contribution is -2.46. The highest BCUT2D eigenvalue weighted by molar-refractivity contribution is 7.99. The number of hydrogen-bond donors (Lipinski definition) is 2. The minimum absolute atomic E-state index is 0.0707. The van der Waals surface area contributed by atoms with Crippen LogP contribution in [0.5, 0.6) is 5.75 Å². The molecule has 2 heterocycles. The van der Waals surface area contributed by atoms with Crippen molar-refractivity contribution in [3.8, 4) is 5.75 Å². The Hall–Kier alpha value is -2.29. The molecule has 29 heavy (non-hydrogen) atoms. The van der Waals surface area contributed by atoms with E-state index in [1.54, 1.807) is 38.1 Å². The Kier molecular flexibility index (Phi) is 7.00. The number of aryl methyl sites for hydroxylation is 1. The lowest BCUT2D eigenvalue weighted by Gasteiger charge is -2.22. The first-order chi connectivity index (χ1) is 13.9. The molecule has 8 heteroatoms. The Morgan fingerprint density at radius 2 is 2.21 bits per heavy atom. The number of carboxylic acid groups (broad SMARTS) is 1. The SMILES string of the molecule is CNC(C(=O)O)[C@@H]1OC(Sc2cccc(OCc3ccn(C)c(=O)c3)c2)C[C@H]1C. The Morgan fingerprint density at radius 3 is 2.90 bits per heavy atom. The van der Waals surface area contributed by atoms with Crippen molar-refractivity contribution < 1.29 is 19.4 Å². The van der Waals surface area contributed by atoms with E-state index in [1.165, 1.54) is 4.57 Å². The van der Waals surface area contributed by atoms with E-state index in [1.807, 2.05) is 37.3 Å². The second kappa shape index (κ2) is 9.47. The summed E-state index contributed by atoms with van der Waals surface area (Å²) < 4.78 is 13.4. The first-order valence-corrected chi connectivity index (χ1v) is 10.4. The molecule has 0 saturated carbocycles. The van der Waals surface area contributed by atoms with Crippen LogP contribution in [0.15, 0.2) is 52.3 Å². The van der Waals surface area contributed by atoms with Crippen molar-refractivity contribution in [1.82, 2.24) is 9.88 Å². The van der Waals surface area contributed by atoms with Crippen molar-refractivity contribution in [1.29, 1.82) is 0 Å². The number of hydrogen-bond acceptors (Lipinski definition) is 6. The quantitative estimate of drug-likeness (QED) is 0.681. The number of carbonyl (C=O) groups is 1. The predicted molar refractivity (Wildman–Crippen MR) is 111 cm³/mol. The number of benzene rings is 1. The summed E-state index contributed by atoms with van der Waals surface area (Å²) in [6, 6.07) is 10.4. The summed E-state index contributed by atoms with van der Waals surface area (Å²) in [7, 11) is 3.35. The molecule has 0 amide bonds. The van der Waals surface area contributed by atoms with Crippen LogP contribution in [0.3, 0.4) is 0 Å². The van der Waals surface area contributed by atoms with Crippen LogP contribution in [0.2, 0.25) is 0 Å². The van der Waals surface area contributed by atoms with Gasteiger partial charge in [0, 0.05) is 24.2 Å². The van der Waals surface area contributed by atoms with E-state index in [2.05, 4.69) is 5.32 Å². The van der Waals surface area contributed by atoms with Crippen molar-refractivity contribution in [3.05, 3.63) is 58.5 Å². The van der Waals surface area contributed by atoms with Crippen molar-refractivity contribution in [2.24, 2.45) is 13.0 Å². The molecule has 0 aliphatic carbocycles. The predicted octanol–water partition coefficient (Wildman–Crippen LogP) is 2.48. The van der Waals surface area contributed by atoms with E-state index in [-0.39, 0.29) is 23.0 Å². The summed E-state index contributed by atoms with van der Waals surface area (Å²) in [6.07, 6.45) is 2.13. The van der Waals surface area contributed by atoms with Gasteiger partial charge < -0.3 is 24.5 Å². The number of aliphatic carboxylic acids is 1. The van der Waals surface area contributed by atoms with Gasteiger partial charge in [0.25, 0.3) is 5.56 Å². The summed E-state index contributed by atoms with van der Waals surface area (Å²) in [4.78, 5) is 24.1. The summed E-state index contributed by atoms with van der Waals surface area (Å²) in [6.45, 7) is 2.33. The number of rotatable bonds is 8. The van der Waals surface area contributed by atoms with E-state index in [0.29, 0.717) is 12.4 Å². The van der Waals surface area contributed by atoms with Gasteiger partial charge in [0.1, 0.15) is 23.8 Å². The maximum absolute atomic E-state index is 11.7. The first-order valence-electron chi connectivity index (χ1n) is 9.48. The Morgan fingerprint density at radius 1 is 1.41 bits per heavy atom. The van der Waals surface area contributed by atoms with E-state index in [0.717, 1.165) is 16.9 Å². The van der Waals surface area contributed by atoms with Crippen LogP contribution in [0, 0.1) is 5.92 Å². The second-order valence-electron chi connectivity index (χ2n) is 7.21. The normalized spacial score (nSPS) is 22.4. The molecular weight excluding hydrogens is 392 g/mol.